The first-order valence-corrected chi connectivity index (χ1v) is 5.33. The number of benzene rings is 1. The molecule has 0 aliphatic carbocycles. The van der Waals surface area contributed by atoms with E-state index in [1.807, 2.05) is 6.07 Å². The lowest BCUT2D eigenvalue weighted by Crippen LogP contribution is -2.14. The number of para-hydroxylation sites is 1. The number of carbonyl (C=O) groups is 2. The number of nitrogens with one attached hydrogen (secondary N) is 1. The second-order valence-corrected chi connectivity index (χ2v) is 3.88. The minimum absolute atomic E-state index is 0.00840. The molecule has 0 spiro atoms. The number of hydrogen-bond acceptors (Lipinski definition) is 2. The van der Waals surface area contributed by atoms with Crippen LogP contribution in [-0.2, 0) is 7.05 Å². The summed E-state index contributed by atoms with van der Waals surface area (Å²) in [5.74, 6) is -1.55. The van der Waals surface area contributed by atoms with Gasteiger partial charge in [-0.05, 0) is 12.1 Å². The highest BCUT2D eigenvalue weighted by Gasteiger charge is 2.18. The van der Waals surface area contributed by atoms with Gasteiger partial charge in [0.2, 0.25) is 0 Å². The fourth-order valence-electron chi connectivity index (χ4n) is 1.65. The largest absolute Gasteiger partial charge is 0.478 e. The summed E-state index contributed by atoms with van der Waals surface area (Å²) in [4.78, 5) is 23.0. The van der Waals surface area contributed by atoms with Crippen molar-refractivity contribution in [2.24, 2.45) is 7.05 Å². The Kier molecular flexibility index (Phi) is 3.14. The number of aromatic carboxylic acids is 1. The highest BCUT2D eigenvalue weighted by molar-refractivity contribution is 6.10. The first-order valence-electron chi connectivity index (χ1n) is 5.33. The molecule has 1 amide bonds. The molecule has 18 heavy (non-hydrogen) atoms. The van der Waals surface area contributed by atoms with Crippen LogP contribution in [0.15, 0.2) is 42.7 Å². The highest BCUT2D eigenvalue weighted by Crippen LogP contribution is 2.13. The molecule has 0 unspecified atom stereocenters. The maximum absolute atomic E-state index is 12.0. The normalized spacial score (nSPS) is 10.1. The molecule has 0 aliphatic rings. The van der Waals surface area contributed by atoms with E-state index in [9.17, 15) is 9.59 Å². The van der Waals surface area contributed by atoms with Gasteiger partial charge in [0, 0.05) is 25.1 Å². The smallest absolute Gasteiger partial charge is 0.338 e. The van der Waals surface area contributed by atoms with Crippen molar-refractivity contribution < 1.29 is 14.7 Å². The molecule has 0 saturated heterocycles. The van der Waals surface area contributed by atoms with E-state index in [1.54, 1.807) is 35.9 Å². The fourth-order valence-corrected chi connectivity index (χ4v) is 1.65. The quantitative estimate of drug-likeness (QED) is 0.867. The van der Waals surface area contributed by atoms with Crippen molar-refractivity contribution in [3.63, 3.8) is 0 Å². The summed E-state index contributed by atoms with van der Waals surface area (Å²) >= 11 is 0. The number of aromatic nitrogens is 1. The number of carboxylic acid groups (broad SMARTS) is 1. The number of aryl methyl sites for hydroxylation is 1. The molecule has 0 radical (unpaired) electrons. The summed E-state index contributed by atoms with van der Waals surface area (Å²) in [5.41, 5.74) is 0.766. The Morgan fingerprint density at radius 1 is 1.11 bits per heavy atom. The van der Waals surface area contributed by atoms with Gasteiger partial charge in [-0.15, -0.1) is 0 Å². The standard InChI is InChI=1S/C13H12N2O3/c1-15-7-10(11(8-15)13(17)18)12(16)14-9-5-3-2-4-6-9/h2-8H,1H3,(H,14,16)(H,17,18). The van der Waals surface area contributed by atoms with Gasteiger partial charge in [-0.3, -0.25) is 4.79 Å². The number of amides is 1. The van der Waals surface area contributed by atoms with E-state index in [0.717, 1.165) is 0 Å². The van der Waals surface area contributed by atoms with Crippen LogP contribution >= 0.6 is 0 Å². The number of hydrogen-bond donors (Lipinski definition) is 2. The van der Waals surface area contributed by atoms with E-state index in [0.29, 0.717) is 5.69 Å². The van der Waals surface area contributed by atoms with Crippen molar-refractivity contribution in [2.45, 2.75) is 0 Å². The zero-order valence-electron chi connectivity index (χ0n) is 9.75. The summed E-state index contributed by atoms with van der Waals surface area (Å²) < 4.78 is 1.54. The van der Waals surface area contributed by atoms with Crippen LogP contribution < -0.4 is 5.32 Å². The predicted octanol–water partition coefficient (Wildman–Crippen LogP) is 1.98. The molecular weight excluding hydrogens is 232 g/mol. The molecule has 2 aromatic rings. The molecule has 5 heteroatoms. The molecule has 0 aliphatic heterocycles. The molecule has 92 valence electrons. The van der Waals surface area contributed by atoms with E-state index >= 15 is 0 Å². The van der Waals surface area contributed by atoms with Crippen LogP contribution in [0.1, 0.15) is 20.7 Å². The number of anilines is 1. The van der Waals surface area contributed by atoms with Crippen LogP contribution in [0.5, 0.6) is 0 Å². The summed E-state index contributed by atoms with van der Waals surface area (Å²) in [6.07, 6.45) is 2.89. The van der Waals surface area contributed by atoms with Gasteiger partial charge in [0.15, 0.2) is 0 Å². The van der Waals surface area contributed by atoms with Gasteiger partial charge in [0.1, 0.15) is 0 Å². The van der Waals surface area contributed by atoms with Crippen LogP contribution in [0.2, 0.25) is 0 Å². The SMILES string of the molecule is Cn1cc(C(=O)O)c(C(=O)Nc2ccccc2)c1. The van der Waals surface area contributed by atoms with E-state index in [-0.39, 0.29) is 11.1 Å². The first-order chi connectivity index (χ1) is 8.58. The first kappa shape index (κ1) is 11.9. The Bertz CT molecular complexity index is 588. The van der Waals surface area contributed by atoms with E-state index in [4.69, 9.17) is 5.11 Å². The Hall–Kier alpha value is -2.56. The van der Waals surface area contributed by atoms with E-state index in [1.165, 1.54) is 12.4 Å². The molecule has 1 aromatic heterocycles. The molecule has 0 atom stereocenters. The second-order valence-electron chi connectivity index (χ2n) is 3.88. The third-order valence-corrected chi connectivity index (χ3v) is 2.46. The van der Waals surface area contributed by atoms with Gasteiger partial charge in [-0.25, -0.2) is 4.79 Å². The van der Waals surface area contributed by atoms with E-state index in [2.05, 4.69) is 5.32 Å². The van der Waals surface area contributed by atoms with Gasteiger partial charge in [0.05, 0.1) is 11.1 Å². The zero-order valence-corrected chi connectivity index (χ0v) is 9.75. The van der Waals surface area contributed by atoms with Gasteiger partial charge in [0.25, 0.3) is 5.91 Å². The number of rotatable bonds is 3. The molecule has 5 nitrogen and oxygen atoms in total. The average Bonchev–Trinajstić information content (AvgIpc) is 2.73. The lowest BCUT2D eigenvalue weighted by atomic mass is 10.2. The minimum Gasteiger partial charge on any atom is -0.478 e. The van der Waals surface area contributed by atoms with Gasteiger partial charge in [-0.2, -0.15) is 0 Å². The minimum atomic E-state index is -1.12. The number of carbonyl (C=O) groups excluding carboxylic acids is 1. The van der Waals surface area contributed by atoms with Crippen LogP contribution in [0.3, 0.4) is 0 Å². The Labute approximate surface area is 104 Å². The zero-order chi connectivity index (χ0) is 13.1. The maximum atomic E-state index is 12.0. The third kappa shape index (κ3) is 2.40. The van der Waals surface area contributed by atoms with Gasteiger partial charge >= 0.3 is 5.97 Å². The Morgan fingerprint density at radius 3 is 2.33 bits per heavy atom. The molecule has 0 fully saturated rings. The number of carboxylic acids is 1. The third-order valence-electron chi connectivity index (χ3n) is 2.46. The molecule has 0 saturated carbocycles. The predicted molar refractivity (Wildman–Crippen MR) is 66.8 cm³/mol. The summed E-state index contributed by atoms with van der Waals surface area (Å²) in [6, 6.07) is 8.89. The fraction of sp³-hybridized carbons (Fsp3) is 0.0769. The van der Waals surface area contributed by atoms with Crippen LogP contribution in [0, 0.1) is 0 Å². The molecule has 1 heterocycles. The Balaban J connectivity index is 2.27. The van der Waals surface area contributed by atoms with Crippen LogP contribution in [0.4, 0.5) is 5.69 Å². The summed E-state index contributed by atoms with van der Waals surface area (Å²) in [5, 5.41) is 11.7. The van der Waals surface area contributed by atoms with Crippen molar-refractivity contribution in [1.29, 1.82) is 0 Å². The Morgan fingerprint density at radius 2 is 1.72 bits per heavy atom. The van der Waals surface area contributed by atoms with Gasteiger partial charge in [-0.1, -0.05) is 18.2 Å². The molecule has 2 N–H and O–H groups in total. The highest BCUT2D eigenvalue weighted by atomic mass is 16.4. The van der Waals surface area contributed by atoms with Crippen molar-refractivity contribution in [3.8, 4) is 0 Å². The van der Waals surface area contributed by atoms with E-state index < -0.39 is 11.9 Å². The molecular formula is C13H12N2O3. The molecule has 2 rings (SSSR count). The topological polar surface area (TPSA) is 71.3 Å². The lowest BCUT2D eigenvalue weighted by molar-refractivity contribution is 0.0693. The average molecular weight is 244 g/mol. The van der Waals surface area contributed by atoms with Crippen molar-refractivity contribution >= 4 is 17.6 Å². The molecule has 0 bridgehead atoms. The van der Waals surface area contributed by atoms with Crippen molar-refractivity contribution in [2.75, 3.05) is 5.32 Å². The van der Waals surface area contributed by atoms with Crippen molar-refractivity contribution in [3.05, 3.63) is 53.9 Å². The summed E-state index contributed by atoms with van der Waals surface area (Å²) in [7, 11) is 1.67. The molecule has 1 aromatic carbocycles. The second kappa shape index (κ2) is 4.75. The lowest BCUT2D eigenvalue weighted by Gasteiger charge is -2.03. The maximum Gasteiger partial charge on any atom is 0.338 e. The monoisotopic (exact) mass is 244 g/mol. The number of nitrogens with zero attached hydrogens (tertiary/aromatic N) is 1. The van der Waals surface area contributed by atoms with Gasteiger partial charge < -0.3 is 15.0 Å². The van der Waals surface area contributed by atoms with Crippen LogP contribution in [0.25, 0.3) is 0 Å². The summed E-state index contributed by atoms with van der Waals surface area (Å²) in [6.45, 7) is 0. The van der Waals surface area contributed by atoms with Crippen molar-refractivity contribution in [1.82, 2.24) is 4.57 Å². The van der Waals surface area contributed by atoms with Crippen LogP contribution in [-0.4, -0.2) is 21.6 Å².